The van der Waals surface area contributed by atoms with Gasteiger partial charge in [0.25, 0.3) is 0 Å². The van der Waals surface area contributed by atoms with Gasteiger partial charge in [0.05, 0.1) is 6.10 Å². The molecule has 0 fully saturated rings. The van der Waals surface area contributed by atoms with Crippen LogP contribution in [-0.4, -0.2) is 5.11 Å². The van der Waals surface area contributed by atoms with Crippen LogP contribution >= 0.6 is 0 Å². The fraction of sp³-hybridized carbons (Fsp3) is 0.647. The SMILES string of the molecule is CCCC(CCC)C(O)c1cc(C)c(C)cc1C. The van der Waals surface area contributed by atoms with Gasteiger partial charge in [0.15, 0.2) is 0 Å². The lowest BCUT2D eigenvalue weighted by molar-refractivity contribution is 0.0958. The maximum atomic E-state index is 10.6. The fourth-order valence-electron chi connectivity index (χ4n) is 2.76. The fourth-order valence-corrected chi connectivity index (χ4v) is 2.76. The Morgan fingerprint density at radius 1 is 0.889 bits per heavy atom. The van der Waals surface area contributed by atoms with Crippen LogP contribution in [0.15, 0.2) is 12.1 Å². The van der Waals surface area contributed by atoms with Crippen LogP contribution in [0.5, 0.6) is 0 Å². The van der Waals surface area contributed by atoms with Gasteiger partial charge in [0, 0.05) is 0 Å². The van der Waals surface area contributed by atoms with E-state index < -0.39 is 0 Å². The maximum Gasteiger partial charge on any atom is 0.0820 e. The predicted molar refractivity (Wildman–Crippen MR) is 78.9 cm³/mol. The van der Waals surface area contributed by atoms with Crippen molar-refractivity contribution in [2.45, 2.75) is 66.4 Å². The van der Waals surface area contributed by atoms with E-state index in [4.69, 9.17) is 0 Å². The van der Waals surface area contributed by atoms with Crippen LogP contribution in [0.2, 0.25) is 0 Å². The van der Waals surface area contributed by atoms with E-state index in [-0.39, 0.29) is 6.10 Å². The van der Waals surface area contributed by atoms with Crippen molar-refractivity contribution in [3.8, 4) is 0 Å². The van der Waals surface area contributed by atoms with E-state index in [0.717, 1.165) is 31.2 Å². The third-order valence-electron chi connectivity index (χ3n) is 3.97. The molecule has 1 heteroatoms. The monoisotopic (exact) mass is 248 g/mol. The van der Waals surface area contributed by atoms with Crippen LogP contribution < -0.4 is 0 Å². The van der Waals surface area contributed by atoms with Gasteiger partial charge >= 0.3 is 0 Å². The summed E-state index contributed by atoms with van der Waals surface area (Å²) in [5.74, 6) is 0.404. The minimum absolute atomic E-state index is 0.302. The smallest absolute Gasteiger partial charge is 0.0820 e. The molecule has 18 heavy (non-hydrogen) atoms. The normalized spacial score (nSPS) is 13.1. The van der Waals surface area contributed by atoms with E-state index >= 15 is 0 Å². The van der Waals surface area contributed by atoms with Crippen LogP contribution in [0.1, 0.15) is 67.9 Å². The van der Waals surface area contributed by atoms with Gasteiger partial charge in [-0.15, -0.1) is 0 Å². The first-order chi connectivity index (χ1) is 8.51. The standard InChI is InChI=1S/C17H28O/c1-6-8-15(9-7-2)17(18)16-11-13(4)12(3)10-14(16)5/h10-11,15,17-18H,6-9H2,1-5H3. The van der Waals surface area contributed by atoms with Crippen molar-refractivity contribution in [2.24, 2.45) is 5.92 Å². The topological polar surface area (TPSA) is 20.2 Å². The van der Waals surface area contributed by atoms with Gasteiger partial charge in [0.2, 0.25) is 0 Å². The zero-order valence-electron chi connectivity index (χ0n) is 12.6. The molecule has 0 aromatic heterocycles. The molecular formula is C17H28O. The summed E-state index contributed by atoms with van der Waals surface area (Å²) in [4.78, 5) is 0. The van der Waals surface area contributed by atoms with Gasteiger partial charge in [-0.05, 0) is 61.8 Å². The summed E-state index contributed by atoms with van der Waals surface area (Å²) in [7, 11) is 0. The summed E-state index contributed by atoms with van der Waals surface area (Å²) >= 11 is 0. The molecule has 0 saturated heterocycles. The van der Waals surface area contributed by atoms with E-state index in [2.05, 4.69) is 46.8 Å². The maximum absolute atomic E-state index is 10.6. The summed E-state index contributed by atoms with van der Waals surface area (Å²) in [5.41, 5.74) is 4.94. The molecule has 0 amide bonds. The molecule has 0 spiro atoms. The Bertz CT molecular complexity index is 375. The Hall–Kier alpha value is -0.820. The second-order valence-electron chi connectivity index (χ2n) is 5.58. The second kappa shape index (κ2) is 6.94. The highest BCUT2D eigenvalue weighted by Gasteiger charge is 2.21. The van der Waals surface area contributed by atoms with Crippen LogP contribution in [-0.2, 0) is 0 Å². The molecule has 0 aliphatic carbocycles. The van der Waals surface area contributed by atoms with E-state index in [9.17, 15) is 5.11 Å². The molecule has 0 radical (unpaired) electrons. The molecule has 0 heterocycles. The molecule has 1 aromatic rings. The van der Waals surface area contributed by atoms with E-state index in [1.54, 1.807) is 0 Å². The predicted octanol–water partition coefficient (Wildman–Crippen LogP) is 4.86. The van der Waals surface area contributed by atoms with Gasteiger partial charge < -0.3 is 5.11 Å². The molecule has 0 bridgehead atoms. The summed E-state index contributed by atoms with van der Waals surface area (Å²) in [6, 6.07) is 4.37. The molecule has 0 aliphatic heterocycles. The average molecular weight is 248 g/mol. The zero-order valence-corrected chi connectivity index (χ0v) is 12.6. The van der Waals surface area contributed by atoms with Crippen LogP contribution in [0.3, 0.4) is 0 Å². The first kappa shape index (κ1) is 15.2. The Kier molecular flexibility index (Phi) is 5.87. The van der Waals surface area contributed by atoms with Crippen molar-refractivity contribution in [1.82, 2.24) is 0 Å². The van der Waals surface area contributed by atoms with Gasteiger partial charge in [0.1, 0.15) is 0 Å². The van der Waals surface area contributed by atoms with E-state index in [0.29, 0.717) is 5.92 Å². The molecule has 0 saturated carbocycles. The van der Waals surface area contributed by atoms with Gasteiger partial charge in [-0.3, -0.25) is 0 Å². The number of hydrogen-bond donors (Lipinski definition) is 1. The van der Waals surface area contributed by atoms with Crippen molar-refractivity contribution in [3.05, 3.63) is 34.4 Å². The second-order valence-corrected chi connectivity index (χ2v) is 5.58. The Morgan fingerprint density at radius 3 is 1.89 bits per heavy atom. The van der Waals surface area contributed by atoms with Crippen molar-refractivity contribution in [3.63, 3.8) is 0 Å². The van der Waals surface area contributed by atoms with Crippen molar-refractivity contribution >= 4 is 0 Å². The molecule has 1 aromatic carbocycles. The lowest BCUT2D eigenvalue weighted by atomic mass is 9.85. The highest BCUT2D eigenvalue weighted by atomic mass is 16.3. The Labute approximate surface area is 112 Å². The summed E-state index contributed by atoms with van der Waals surface area (Å²) in [6.07, 6.45) is 4.21. The van der Waals surface area contributed by atoms with Crippen LogP contribution in [0, 0.1) is 26.7 Å². The van der Waals surface area contributed by atoms with Crippen LogP contribution in [0.25, 0.3) is 0 Å². The average Bonchev–Trinajstić information content (AvgIpc) is 2.33. The van der Waals surface area contributed by atoms with Crippen molar-refractivity contribution in [1.29, 1.82) is 0 Å². The minimum Gasteiger partial charge on any atom is -0.388 e. The highest BCUT2D eigenvalue weighted by molar-refractivity contribution is 5.37. The molecule has 1 nitrogen and oxygen atoms in total. The number of aliphatic hydroxyl groups excluding tert-OH is 1. The summed E-state index contributed by atoms with van der Waals surface area (Å²) in [6.45, 7) is 10.8. The number of hydrogen-bond acceptors (Lipinski definition) is 1. The van der Waals surface area contributed by atoms with E-state index in [1.165, 1.54) is 16.7 Å². The van der Waals surface area contributed by atoms with Gasteiger partial charge in [-0.25, -0.2) is 0 Å². The number of rotatable bonds is 6. The largest absolute Gasteiger partial charge is 0.388 e. The molecule has 0 aliphatic rings. The third kappa shape index (κ3) is 3.58. The van der Waals surface area contributed by atoms with Crippen LogP contribution in [0.4, 0.5) is 0 Å². The zero-order chi connectivity index (χ0) is 13.7. The molecule has 1 rings (SSSR count). The van der Waals surface area contributed by atoms with Crippen molar-refractivity contribution < 1.29 is 5.11 Å². The molecule has 1 unspecified atom stereocenters. The molecule has 102 valence electrons. The highest BCUT2D eigenvalue weighted by Crippen LogP contribution is 2.32. The first-order valence-corrected chi connectivity index (χ1v) is 7.27. The summed E-state index contributed by atoms with van der Waals surface area (Å²) < 4.78 is 0. The lowest BCUT2D eigenvalue weighted by Crippen LogP contribution is -2.14. The number of aryl methyl sites for hydroxylation is 3. The molecular weight excluding hydrogens is 220 g/mol. The lowest BCUT2D eigenvalue weighted by Gasteiger charge is -2.24. The number of aliphatic hydroxyl groups is 1. The Balaban J connectivity index is 3.00. The number of benzene rings is 1. The van der Waals surface area contributed by atoms with Gasteiger partial charge in [-0.2, -0.15) is 0 Å². The van der Waals surface area contributed by atoms with Gasteiger partial charge in [-0.1, -0.05) is 38.8 Å². The van der Waals surface area contributed by atoms with E-state index in [1.807, 2.05) is 0 Å². The van der Waals surface area contributed by atoms with Crippen molar-refractivity contribution in [2.75, 3.05) is 0 Å². The minimum atomic E-state index is -0.302. The summed E-state index contributed by atoms with van der Waals surface area (Å²) in [5, 5.41) is 10.6. The Morgan fingerprint density at radius 2 is 1.39 bits per heavy atom. The quantitative estimate of drug-likeness (QED) is 0.762. The molecule has 1 atom stereocenters. The first-order valence-electron chi connectivity index (χ1n) is 7.27. The molecule has 1 N–H and O–H groups in total. The third-order valence-corrected chi connectivity index (χ3v) is 3.97.